The van der Waals surface area contributed by atoms with E-state index in [4.69, 9.17) is 4.99 Å². The fourth-order valence-corrected chi connectivity index (χ4v) is 3.30. The van der Waals surface area contributed by atoms with Crippen LogP contribution in [0.3, 0.4) is 0 Å². The van der Waals surface area contributed by atoms with Gasteiger partial charge in [-0.3, -0.25) is 10.3 Å². The lowest BCUT2D eigenvalue weighted by atomic mass is 9.73. The lowest BCUT2D eigenvalue weighted by Gasteiger charge is -2.50. The Labute approximate surface area is 107 Å². The smallest absolute Gasteiger partial charge is 0.110 e. The second-order valence-corrected chi connectivity index (χ2v) is 5.41. The lowest BCUT2D eigenvalue weighted by Crippen LogP contribution is -2.64. The molecule has 0 amide bonds. The molecule has 0 bridgehead atoms. The van der Waals surface area contributed by atoms with Crippen molar-refractivity contribution in [1.82, 2.24) is 5.32 Å². The Kier molecular flexibility index (Phi) is 4.77. The Balaban J connectivity index is 3.20. The van der Waals surface area contributed by atoms with Crippen LogP contribution in [0, 0.1) is 5.92 Å². The second-order valence-electron chi connectivity index (χ2n) is 5.41. The molecule has 1 heterocycles. The Hall–Kier alpha value is -0.370. The van der Waals surface area contributed by atoms with Gasteiger partial charge in [0.25, 0.3) is 0 Å². The highest BCUT2D eigenvalue weighted by Gasteiger charge is 2.45. The molecule has 2 nitrogen and oxygen atoms in total. The van der Waals surface area contributed by atoms with Crippen LogP contribution in [-0.2, 0) is 0 Å². The van der Waals surface area contributed by atoms with Gasteiger partial charge >= 0.3 is 0 Å². The van der Waals surface area contributed by atoms with Crippen LogP contribution in [0.5, 0.6) is 0 Å². The Bertz CT molecular complexity index is 273. The van der Waals surface area contributed by atoms with E-state index in [0.717, 1.165) is 19.3 Å². The molecule has 0 saturated heterocycles. The zero-order chi connectivity index (χ0) is 13.1. The summed E-state index contributed by atoms with van der Waals surface area (Å²) in [7, 11) is 0. The average molecular weight is 238 g/mol. The molecule has 1 unspecified atom stereocenters. The summed E-state index contributed by atoms with van der Waals surface area (Å²) in [6, 6.07) is 0. The number of hydrogen-bond donors (Lipinski definition) is 1. The Morgan fingerprint density at radius 2 is 1.53 bits per heavy atom. The summed E-state index contributed by atoms with van der Waals surface area (Å²) in [5.74, 6) is 0.564. The van der Waals surface area contributed by atoms with Crippen LogP contribution in [-0.4, -0.2) is 16.9 Å². The normalized spacial score (nSPS) is 26.7. The van der Waals surface area contributed by atoms with Gasteiger partial charge in [-0.1, -0.05) is 41.5 Å². The first-order chi connectivity index (χ1) is 8.03. The molecular weight excluding hydrogens is 208 g/mol. The molecule has 0 aromatic heterocycles. The highest BCUT2D eigenvalue weighted by Crippen LogP contribution is 2.37. The molecule has 1 aliphatic rings. The van der Waals surface area contributed by atoms with Gasteiger partial charge in [-0.2, -0.15) is 0 Å². The number of nitrogens with one attached hydrogen (secondary N) is 1. The van der Waals surface area contributed by atoms with Crippen molar-refractivity contribution in [3.05, 3.63) is 0 Å². The summed E-state index contributed by atoms with van der Waals surface area (Å²) in [5, 5.41) is 3.91. The van der Waals surface area contributed by atoms with Crippen LogP contribution in [0.25, 0.3) is 0 Å². The SMILES string of the molecule is CCC1=NC(CC)(CC)NC(CC)(CC)C1C. The largest absolute Gasteiger partial charge is 0.287 e. The summed E-state index contributed by atoms with van der Waals surface area (Å²) in [5.41, 5.74) is 1.65. The molecule has 0 spiro atoms. The van der Waals surface area contributed by atoms with Gasteiger partial charge in [0.1, 0.15) is 5.66 Å². The predicted molar refractivity (Wildman–Crippen MR) is 76.7 cm³/mol. The van der Waals surface area contributed by atoms with Gasteiger partial charge in [-0.15, -0.1) is 0 Å². The minimum absolute atomic E-state index is 0.0100. The van der Waals surface area contributed by atoms with E-state index in [2.05, 4.69) is 46.9 Å². The molecule has 0 aromatic rings. The molecule has 0 radical (unpaired) electrons. The molecule has 1 atom stereocenters. The van der Waals surface area contributed by atoms with E-state index in [1.807, 2.05) is 0 Å². The van der Waals surface area contributed by atoms with Crippen molar-refractivity contribution in [3.8, 4) is 0 Å². The van der Waals surface area contributed by atoms with Crippen molar-refractivity contribution in [2.45, 2.75) is 84.8 Å². The summed E-state index contributed by atoms with van der Waals surface area (Å²) >= 11 is 0. The second kappa shape index (κ2) is 5.51. The van der Waals surface area contributed by atoms with E-state index in [1.54, 1.807) is 0 Å². The van der Waals surface area contributed by atoms with E-state index in [9.17, 15) is 0 Å². The van der Waals surface area contributed by atoms with Crippen LogP contribution in [0.1, 0.15) is 73.6 Å². The van der Waals surface area contributed by atoms with E-state index < -0.39 is 0 Å². The standard InChI is InChI=1S/C15H30N2/c1-7-13-12(6)14(8-2,9-3)17-15(10-4,11-5)16-13/h12,17H,7-11H2,1-6H3. The lowest BCUT2D eigenvalue weighted by molar-refractivity contribution is 0.136. The van der Waals surface area contributed by atoms with E-state index >= 15 is 0 Å². The molecule has 0 saturated carbocycles. The fraction of sp³-hybridized carbons (Fsp3) is 0.933. The first kappa shape index (κ1) is 14.7. The third-order valence-electron chi connectivity index (χ3n) is 4.96. The summed E-state index contributed by atoms with van der Waals surface area (Å²) in [6.07, 6.45) is 5.63. The van der Waals surface area contributed by atoms with Crippen molar-refractivity contribution in [1.29, 1.82) is 0 Å². The van der Waals surface area contributed by atoms with Gasteiger partial charge in [0, 0.05) is 17.2 Å². The van der Waals surface area contributed by atoms with E-state index in [-0.39, 0.29) is 11.2 Å². The molecular formula is C15H30N2. The number of rotatable bonds is 5. The van der Waals surface area contributed by atoms with Gasteiger partial charge in [-0.05, 0) is 32.1 Å². The van der Waals surface area contributed by atoms with Crippen molar-refractivity contribution < 1.29 is 0 Å². The maximum absolute atomic E-state index is 5.05. The molecule has 100 valence electrons. The van der Waals surface area contributed by atoms with E-state index in [1.165, 1.54) is 18.6 Å². The van der Waals surface area contributed by atoms with Crippen molar-refractivity contribution in [3.63, 3.8) is 0 Å². The predicted octanol–water partition coefficient (Wildman–Crippen LogP) is 4.15. The minimum atomic E-state index is -0.0100. The van der Waals surface area contributed by atoms with Gasteiger partial charge < -0.3 is 0 Å². The van der Waals surface area contributed by atoms with Gasteiger partial charge in [-0.25, -0.2) is 0 Å². The van der Waals surface area contributed by atoms with Crippen LogP contribution in [0.2, 0.25) is 0 Å². The van der Waals surface area contributed by atoms with Gasteiger partial charge in [0.05, 0.1) is 0 Å². The molecule has 0 aliphatic carbocycles. The number of hydrogen-bond acceptors (Lipinski definition) is 2. The zero-order valence-electron chi connectivity index (χ0n) is 12.6. The van der Waals surface area contributed by atoms with Crippen LogP contribution < -0.4 is 5.32 Å². The first-order valence-electron chi connectivity index (χ1n) is 7.41. The molecule has 1 N–H and O–H groups in total. The van der Waals surface area contributed by atoms with E-state index in [0.29, 0.717) is 5.92 Å². The average Bonchev–Trinajstić information content (AvgIpc) is 2.40. The maximum atomic E-state index is 5.05. The Morgan fingerprint density at radius 3 is 1.88 bits per heavy atom. The highest BCUT2D eigenvalue weighted by atomic mass is 15.2. The molecule has 17 heavy (non-hydrogen) atoms. The maximum Gasteiger partial charge on any atom is 0.110 e. The molecule has 2 heteroatoms. The summed E-state index contributed by atoms with van der Waals surface area (Å²) in [6.45, 7) is 13.7. The fourth-order valence-electron chi connectivity index (χ4n) is 3.30. The number of nitrogens with zero attached hydrogens (tertiary/aromatic N) is 1. The van der Waals surface area contributed by atoms with Gasteiger partial charge in [0.15, 0.2) is 0 Å². The third-order valence-corrected chi connectivity index (χ3v) is 4.96. The molecule has 1 rings (SSSR count). The van der Waals surface area contributed by atoms with Crippen LogP contribution in [0.4, 0.5) is 0 Å². The molecule has 0 aromatic carbocycles. The van der Waals surface area contributed by atoms with Gasteiger partial charge in [0.2, 0.25) is 0 Å². The van der Waals surface area contributed by atoms with Crippen molar-refractivity contribution >= 4 is 5.71 Å². The minimum Gasteiger partial charge on any atom is -0.287 e. The summed E-state index contributed by atoms with van der Waals surface area (Å²) in [4.78, 5) is 5.05. The van der Waals surface area contributed by atoms with Crippen molar-refractivity contribution in [2.24, 2.45) is 10.9 Å². The quantitative estimate of drug-likeness (QED) is 0.764. The molecule has 0 fully saturated rings. The molecule has 1 aliphatic heterocycles. The monoisotopic (exact) mass is 238 g/mol. The van der Waals surface area contributed by atoms with Crippen LogP contribution in [0.15, 0.2) is 4.99 Å². The number of aliphatic imine (C=N–C) groups is 1. The Morgan fingerprint density at radius 1 is 1.00 bits per heavy atom. The zero-order valence-corrected chi connectivity index (χ0v) is 12.6. The van der Waals surface area contributed by atoms with Crippen LogP contribution >= 0.6 is 0 Å². The highest BCUT2D eigenvalue weighted by molar-refractivity contribution is 5.88. The summed E-state index contributed by atoms with van der Waals surface area (Å²) < 4.78 is 0. The van der Waals surface area contributed by atoms with Crippen molar-refractivity contribution in [2.75, 3.05) is 0 Å². The first-order valence-corrected chi connectivity index (χ1v) is 7.41. The topological polar surface area (TPSA) is 24.4 Å². The third kappa shape index (κ3) is 2.42.